The summed E-state index contributed by atoms with van der Waals surface area (Å²) in [5, 5.41) is 12.2. The van der Waals surface area contributed by atoms with Gasteiger partial charge in [0.25, 0.3) is 5.91 Å². The number of hydrogen-bond acceptors (Lipinski definition) is 5. The number of carbonyl (C=O) groups is 2. The molecule has 128 valence electrons. The molecule has 0 aliphatic rings. The molecule has 0 spiro atoms. The zero-order chi connectivity index (χ0) is 17.7. The molecule has 1 atom stereocenters. The summed E-state index contributed by atoms with van der Waals surface area (Å²) in [5.74, 6) is -0.454. The molecule has 7 heteroatoms. The van der Waals surface area contributed by atoms with Gasteiger partial charge in [0.2, 0.25) is 0 Å². The minimum atomic E-state index is -0.945. The minimum Gasteiger partial charge on any atom is -0.494 e. The standard InChI is InChI=1S/C17H20N2O4S/c1-4-23-13-7-5-12(6-8-13)17-19-11(3)15(24-17)16(22)18-10(2)9-14(20)21/h5-8,10H,4,9H2,1-3H3,(H,18,22)(H,20,21). The highest BCUT2D eigenvalue weighted by Gasteiger charge is 2.19. The van der Waals surface area contributed by atoms with E-state index < -0.39 is 12.0 Å². The third-order valence-electron chi connectivity index (χ3n) is 3.27. The van der Waals surface area contributed by atoms with Crippen molar-refractivity contribution in [3.8, 4) is 16.3 Å². The Morgan fingerprint density at radius 2 is 2.00 bits per heavy atom. The average Bonchev–Trinajstić information content (AvgIpc) is 2.89. The number of nitrogens with zero attached hydrogens (tertiary/aromatic N) is 1. The van der Waals surface area contributed by atoms with Crippen molar-refractivity contribution in [1.29, 1.82) is 0 Å². The molecule has 2 rings (SSSR count). The quantitative estimate of drug-likeness (QED) is 0.802. The van der Waals surface area contributed by atoms with Gasteiger partial charge in [0.15, 0.2) is 0 Å². The SMILES string of the molecule is CCOc1ccc(-c2nc(C)c(C(=O)NC(C)CC(=O)O)s2)cc1. The third kappa shape index (κ3) is 4.55. The van der Waals surface area contributed by atoms with Gasteiger partial charge in [0.1, 0.15) is 15.6 Å². The molecule has 1 amide bonds. The molecule has 6 nitrogen and oxygen atoms in total. The number of ether oxygens (including phenoxy) is 1. The van der Waals surface area contributed by atoms with Gasteiger partial charge in [-0.1, -0.05) is 0 Å². The Hall–Kier alpha value is -2.41. The fraction of sp³-hybridized carbons (Fsp3) is 0.353. The maximum absolute atomic E-state index is 12.3. The van der Waals surface area contributed by atoms with Crippen molar-refractivity contribution in [1.82, 2.24) is 10.3 Å². The molecule has 2 N–H and O–H groups in total. The lowest BCUT2D eigenvalue weighted by Crippen LogP contribution is -2.34. The molecule has 0 aliphatic heterocycles. The first-order valence-corrected chi connectivity index (χ1v) is 8.45. The number of benzene rings is 1. The summed E-state index contributed by atoms with van der Waals surface area (Å²) in [4.78, 5) is 27.9. The summed E-state index contributed by atoms with van der Waals surface area (Å²) < 4.78 is 5.41. The van der Waals surface area contributed by atoms with Crippen LogP contribution in [0.1, 0.15) is 35.6 Å². The molecule has 0 aliphatic carbocycles. The predicted molar refractivity (Wildman–Crippen MR) is 92.6 cm³/mol. The van der Waals surface area contributed by atoms with Crippen LogP contribution in [0, 0.1) is 6.92 Å². The van der Waals surface area contributed by atoms with Crippen LogP contribution in [0.5, 0.6) is 5.75 Å². The molecule has 0 fully saturated rings. The van der Waals surface area contributed by atoms with E-state index in [9.17, 15) is 9.59 Å². The van der Waals surface area contributed by atoms with Gasteiger partial charge in [-0.2, -0.15) is 0 Å². The summed E-state index contributed by atoms with van der Waals surface area (Å²) in [7, 11) is 0. The molecule has 24 heavy (non-hydrogen) atoms. The maximum Gasteiger partial charge on any atom is 0.305 e. The van der Waals surface area contributed by atoms with Gasteiger partial charge in [0, 0.05) is 11.6 Å². The Labute approximate surface area is 144 Å². The zero-order valence-electron chi connectivity index (χ0n) is 13.8. The van der Waals surface area contributed by atoms with E-state index in [0.29, 0.717) is 17.2 Å². The number of aliphatic carboxylic acids is 1. The average molecular weight is 348 g/mol. The molecule has 2 aromatic rings. The van der Waals surface area contributed by atoms with E-state index in [1.807, 2.05) is 31.2 Å². The first kappa shape index (κ1) is 17.9. The van der Waals surface area contributed by atoms with Crippen molar-refractivity contribution >= 4 is 23.2 Å². The summed E-state index contributed by atoms with van der Waals surface area (Å²) in [5.41, 5.74) is 1.54. The van der Waals surface area contributed by atoms with Crippen molar-refractivity contribution < 1.29 is 19.4 Å². The van der Waals surface area contributed by atoms with Crippen LogP contribution >= 0.6 is 11.3 Å². The van der Waals surface area contributed by atoms with Crippen molar-refractivity contribution in [3.63, 3.8) is 0 Å². The van der Waals surface area contributed by atoms with Gasteiger partial charge in [-0.15, -0.1) is 11.3 Å². The number of rotatable bonds is 7. The van der Waals surface area contributed by atoms with E-state index >= 15 is 0 Å². The molecule has 0 bridgehead atoms. The number of carbonyl (C=O) groups excluding carboxylic acids is 1. The molecule has 1 unspecified atom stereocenters. The highest BCUT2D eigenvalue weighted by Crippen LogP contribution is 2.29. The second-order valence-electron chi connectivity index (χ2n) is 5.36. The molecular weight excluding hydrogens is 328 g/mol. The minimum absolute atomic E-state index is 0.116. The monoisotopic (exact) mass is 348 g/mol. The van der Waals surface area contributed by atoms with Crippen molar-refractivity contribution in [2.24, 2.45) is 0 Å². The molecule has 1 heterocycles. The van der Waals surface area contributed by atoms with Crippen LogP contribution in [0.15, 0.2) is 24.3 Å². The molecule has 0 radical (unpaired) electrons. The number of nitrogens with one attached hydrogen (secondary N) is 1. The fourth-order valence-corrected chi connectivity index (χ4v) is 3.17. The van der Waals surface area contributed by atoms with E-state index in [1.54, 1.807) is 13.8 Å². The van der Waals surface area contributed by atoms with Crippen LogP contribution in [0.25, 0.3) is 10.6 Å². The third-order valence-corrected chi connectivity index (χ3v) is 4.48. The Morgan fingerprint density at radius 1 is 1.33 bits per heavy atom. The summed E-state index contributed by atoms with van der Waals surface area (Å²) in [6.07, 6.45) is -0.116. The molecule has 1 aromatic carbocycles. The predicted octanol–water partition coefficient (Wildman–Crippen LogP) is 3.11. The molecule has 1 aromatic heterocycles. The Kier molecular flexibility index (Phi) is 5.92. The lowest BCUT2D eigenvalue weighted by Gasteiger charge is -2.10. The van der Waals surface area contributed by atoms with Crippen LogP contribution in [-0.2, 0) is 4.79 Å². The number of amides is 1. The van der Waals surface area contributed by atoms with E-state index in [4.69, 9.17) is 9.84 Å². The summed E-state index contributed by atoms with van der Waals surface area (Å²) >= 11 is 1.29. The van der Waals surface area contributed by atoms with E-state index in [0.717, 1.165) is 16.3 Å². The number of thiazole rings is 1. The van der Waals surface area contributed by atoms with Gasteiger partial charge in [0.05, 0.1) is 18.7 Å². The van der Waals surface area contributed by atoms with Crippen molar-refractivity contribution in [3.05, 3.63) is 34.8 Å². The smallest absolute Gasteiger partial charge is 0.305 e. The van der Waals surface area contributed by atoms with Crippen LogP contribution in [0.2, 0.25) is 0 Å². The Balaban J connectivity index is 2.14. The zero-order valence-corrected chi connectivity index (χ0v) is 14.6. The fourth-order valence-electron chi connectivity index (χ4n) is 2.19. The first-order valence-electron chi connectivity index (χ1n) is 7.64. The lowest BCUT2D eigenvalue weighted by molar-refractivity contribution is -0.137. The van der Waals surface area contributed by atoms with Crippen LogP contribution < -0.4 is 10.1 Å². The molecule has 0 saturated heterocycles. The highest BCUT2D eigenvalue weighted by atomic mass is 32.1. The van der Waals surface area contributed by atoms with Gasteiger partial charge < -0.3 is 15.2 Å². The van der Waals surface area contributed by atoms with Gasteiger partial charge in [-0.05, 0) is 45.0 Å². The number of aryl methyl sites for hydroxylation is 1. The van der Waals surface area contributed by atoms with E-state index in [1.165, 1.54) is 11.3 Å². The van der Waals surface area contributed by atoms with Crippen LogP contribution in [-0.4, -0.2) is 34.6 Å². The van der Waals surface area contributed by atoms with E-state index in [2.05, 4.69) is 10.3 Å². The number of aromatic nitrogens is 1. The van der Waals surface area contributed by atoms with Crippen LogP contribution in [0.4, 0.5) is 0 Å². The second kappa shape index (κ2) is 7.92. The number of carboxylic acid groups (broad SMARTS) is 1. The normalized spacial score (nSPS) is 11.8. The molecule has 0 saturated carbocycles. The van der Waals surface area contributed by atoms with Crippen molar-refractivity contribution in [2.75, 3.05) is 6.61 Å². The first-order chi connectivity index (χ1) is 11.4. The topological polar surface area (TPSA) is 88.5 Å². The lowest BCUT2D eigenvalue weighted by atomic mass is 10.2. The van der Waals surface area contributed by atoms with Gasteiger partial charge in [-0.3, -0.25) is 9.59 Å². The number of carboxylic acids is 1. The highest BCUT2D eigenvalue weighted by molar-refractivity contribution is 7.17. The number of hydrogen-bond donors (Lipinski definition) is 2. The van der Waals surface area contributed by atoms with E-state index in [-0.39, 0.29) is 12.3 Å². The Bertz CT molecular complexity index is 725. The maximum atomic E-state index is 12.3. The van der Waals surface area contributed by atoms with Gasteiger partial charge >= 0.3 is 5.97 Å². The Morgan fingerprint density at radius 3 is 2.58 bits per heavy atom. The second-order valence-corrected chi connectivity index (χ2v) is 6.36. The van der Waals surface area contributed by atoms with Gasteiger partial charge in [-0.25, -0.2) is 4.98 Å². The summed E-state index contributed by atoms with van der Waals surface area (Å²) in [6.45, 7) is 5.96. The molecular formula is C17H20N2O4S. The van der Waals surface area contributed by atoms with Crippen LogP contribution in [0.3, 0.4) is 0 Å². The largest absolute Gasteiger partial charge is 0.494 e. The summed E-state index contributed by atoms with van der Waals surface area (Å²) in [6, 6.07) is 7.09. The van der Waals surface area contributed by atoms with Crippen molar-refractivity contribution in [2.45, 2.75) is 33.2 Å².